The summed E-state index contributed by atoms with van der Waals surface area (Å²) in [5, 5.41) is 3.08. The molecular weight excluding hydrogens is 338 g/mol. The number of rotatable bonds is 5. The van der Waals surface area contributed by atoms with E-state index in [4.69, 9.17) is 5.73 Å². The molecule has 2 unspecified atom stereocenters. The summed E-state index contributed by atoms with van der Waals surface area (Å²) in [6.45, 7) is 6.22. The molecule has 1 aromatic rings. The maximum atomic E-state index is 12.7. The summed E-state index contributed by atoms with van der Waals surface area (Å²) in [6, 6.07) is 8.29. The molecule has 0 aliphatic heterocycles. The van der Waals surface area contributed by atoms with Crippen molar-refractivity contribution < 1.29 is 9.59 Å². The molecule has 2 saturated carbocycles. The van der Waals surface area contributed by atoms with Gasteiger partial charge >= 0.3 is 0 Å². The smallest absolute Gasteiger partial charge is 0.227 e. The van der Waals surface area contributed by atoms with Gasteiger partial charge in [-0.1, -0.05) is 18.6 Å². The first-order chi connectivity index (χ1) is 12.8. The van der Waals surface area contributed by atoms with Crippen LogP contribution in [0.2, 0.25) is 0 Å². The van der Waals surface area contributed by atoms with Crippen molar-refractivity contribution >= 4 is 17.5 Å². The number of nitrogens with two attached hydrogens (primary N) is 1. The molecule has 2 atom stereocenters. The molecule has 1 aromatic carbocycles. The quantitative estimate of drug-likeness (QED) is 0.831. The van der Waals surface area contributed by atoms with Crippen molar-refractivity contribution in [2.75, 3.05) is 5.32 Å². The zero-order chi connectivity index (χ0) is 19.6. The van der Waals surface area contributed by atoms with Crippen LogP contribution in [-0.2, 0) is 16.1 Å². The molecule has 0 saturated heterocycles. The highest BCUT2D eigenvalue weighted by Gasteiger charge is 2.40. The lowest BCUT2D eigenvalue weighted by Crippen LogP contribution is -2.48. The van der Waals surface area contributed by atoms with E-state index in [1.165, 1.54) is 19.3 Å². The first kappa shape index (κ1) is 19.9. The molecule has 27 heavy (non-hydrogen) atoms. The zero-order valence-corrected chi connectivity index (χ0v) is 16.8. The van der Waals surface area contributed by atoms with Gasteiger partial charge in [-0.05, 0) is 69.1 Å². The summed E-state index contributed by atoms with van der Waals surface area (Å²) in [5.74, 6) is 1.28. The molecule has 0 spiro atoms. The highest BCUT2D eigenvalue weighted by Crippen LogP contribution is 2.42. The second-order valence-electron chi connectivity index (χ2n) is 8.62. The van der Waals surface area contributed by atoms with Gasteiger partial charge in [-0.15, -0.1) is 0 Å². The predicted octanol–water partition coefficient (Wildman–Crippen LogP) is 3.54. The average Bonchev–Trinajstić information content (AvgIpc) is 2.60. The number of fused-ring (bicyclic) bond motifs is 2. The van der Waals surface area contributed by atoms with Crippen molar-refractivity contribution in [2.45, 2.75) is 71.5 Å². The van der Waals surface area contributed by atoms with E-state index in [9.17, 15) is 9.59 Å². The largest absolute Gasteiger partial charge is 0.336 e. The Bertz CT molecular complexity index is 657. The lowest BCUT2D eigenvalue weighted by atomic mass is 9.65. The van der Waals surface area contributed by atoms with Crippen LogP contribution in [0.15, 0.2) is 24.3 Å². The van der Waals surface area contributed by atoms with Crippen molar-refractivity contribution in [3.05, 3.63) is 29.8 Å². The van der Waals surface area contributed by atoms with Crippen LogP contribution in [0.4, 0.5) is 5.69 Å². The van der Waals surface area contributed by atoms with Gasteiger partial charge in [0, 0.05) is 37.2 Å². The van der Waals surface area contributed by atoms with Crippen LogP contribution in [0, 0.1) is 17.8 Å². The summed E-state index contributed by atoms with van der Waals surface area (Å²) >= 11 is 0. The van der Waals surface area contributed by atoms with E-state index in [-0.39, 0.29) is 29.8 Å². The Morgan fingerprint density at radius 3 is 2.26 bits per heavy atom. The molecule has 2 fully saturated rings. The van der Waals surface area contributed by atoms with Gasteiger partial charge in [0.2, 0.25) is 11.8 Å². The second kappa shape index (κ2) is 8.42. The Balaban J connectivity index is 1.58. The summed E-state index contributed by atoms with van der Waals surface area (Å²) in [4.78, 5) is 26.3. The predicted molar refractivity (Wildman–Crippen MR) is 108 cm³/mol. The van der Waals surface area contributed by atoms with Gasteiger partial charge in [0.25, 0.3) is 0 Å². The Morgan fingerprint density at radius 1 is 1.15 bits per heavy atom. The Morgan fingerprint density at radius 2 is 1.74 bits per heavy atom. The second-order valence-corrected chi connectivity index (χ2v) is 8.62. The molecule has 0 radical (unpaired) electrons. The minimum Gasteiger partial charge on any atom is -0.336 e. The van der Waals surface area contributed by atoms with Crippen LogP contribution in [0.3, 0.4) is 0 Å². The molecular formula is C22H33N3O2. The first-order valence-corrected chi connectivity index (χ1v) is 10.3. The standard InChI is InChI=1S/C22H33N3O2/c1-14(2)25(15(3)26)13-16-7-9-20(10-8-16)24-22(27)19-11-17-5-4-6-18(12-19)21(17)23/h7-10,14,17-19,21H,4-6,11-13,23H2,1-3H3,(H,24,27). The zero-order valence-electron chi connectivity index (χ0n) is 16.8. The van der Waals surface area contributed by atoms with Crippen molar-refractivity contribution in [1.29, 1.82) is 0 Å². The molecule has 5 heteroatoms. The highest BCUT2D eigenvalue weighted by atomic mass is 16.2. The number of nitrogens with zero attached hydrogens (tertiary/aromatic N) is 1. The van der Waals surface area contributed by atoms with E-state index in [0.717, 1.165) is 24.1 Å². The number of hydrogen-bond donors (Lipinski definition) is 2. The third-order valence-electron chi connectivity index (χ3n) is 6.39. The van der Waals surface area contributed by atoms with Crippen LogP contribution in [0.25, 0.3) is 0 Å². The molecule has 2 aliphatic carbocycles. The Hall–Kier alpha value is -1.88. The lowest BCUT2D eigenvalue weighted by molar-refractivity contribution is -0.131. The fourth-order valence-electron chi connectivity index (χ4n) is 4.80. The molecule has 2 aliphatic rings. The van der Waals surface area contributed by atoms with Crippen molar-refractivity contribution in [2.24, 2.45) is 23.5 Å². The van der Waals surface area contributed by atoms with Gasteiger partial charge in [-0.25, -0.2) is 0 Å². The van der Waals surface area contributed by atoms with E-state index in [2.05, 4.69) is 5.32 Å². The number of hydrogen-bond acceptors (Lipinski definition) is 3. The molecule has 3 rings (SSSR count). The van der Waals surface area contributed by atoms with Gasteiger partial charge in [-0.3, -0.25) is 9.59 Å². The van der Waals surface area contributed by atoms with Crippen LogP contribution < -0.4 is 11.1 Å². The minimum atomic E-state index is 0.0726. The van der Waals surface area contributed by atoms with Crippen molar-refractivity contribution in [1.82, 2.24) is 4.90 Å². The topological polar surface area (TPSA) is 75.4 Å². The van der Waals surface area contributed by atoms with Crippen LogP contribution in [0.1, 0.15) is 58.4 Å². The molecule has 148 valence electrons. The number of carbonyl (C=O) groups is 2. The van der Waals surface area contributed by atoms with Crippen LogP contribution in [0.5, 0.6) is 0 Å². The average molecular weight is 372 g/mol. The highest BCUT2D eigenvalue weighted by molar-refractivity contribution is 5.92. The van der Waals surface area contributed by atoms with E-state index >= 15 is 0 Å². The minimum absolute atomic E-state index is 0.0726. The first-order valence-electron chi connectivity index (χ1n) is 10.3. The molecule has 3 N–H and O–H groups in total. The van der Waals surface area contributed by atoms with Crippen molar-refractivity contribution in [3.63, 3.8) is 0 Å². The number of amides is 2. The molecule has 5 nitrogen and oxygen atoms in total. The van der Waals surface area contributed by atoms with Gasteiger partial charge in [0.15, 0.2) is 0 Å². The van der Waals surface area contributed by atoms with Gasteiger partial charge in [0.05, 0.1) is 0 Å². The normalized spacial score (nSPS) is 27.3. The molecule has 2 bridgehead atoms. The number of benzene rings is 1. The molecule has 0 heterocycles. The van der Waals surface area contributed by atoms with Crippen LogP contribution in [-0.4, -0.2) is 28.8 Å². The van der Waals surface area contributed by atoms with Gasteiger partial charge in [-0.2, -0.15) is 0 Å². The summed E-state index contributed by atoms with van der Waals surface area (Å²) in [6.07, 6.45) is 5.43. The fourth-order valence-corrected chi connectivity index (χ4v) is 4.80. The number of anilines is 1. The van der Waals surface area contributed by atoms with E-state index in [1.807, 2.05) is 43.0 Å². The fraction of sp³-hybridized carbons (Fsp3) is 0.636. The van der Waals surface area contributed by atoms with E-state index in [0.29, 0.717) is 18.4 Å². The molecule has 0 aromatic heterocycles. The summed E-state index contributed by atoms with van der Waals surface area (Å²) in [5.41, 5.74) is 8.23. The third kappa shape index (κ3) is 4.70. The number of nitrogens with one attached hydrogen (secondary N) is 1. The lowest BCUT2D eigenvalue weighted by Gasteiger charge is -2.43. The SMILES string of the molecule is CC(=O)N(Cc1ccc(NC(=O)C2CC3CCCC(C2)C3N)cc1)C(C)C. The summed E-state index contributed by atoms with van der Waals surface area (Å²) in [7, 11) is 0. The van der Waals surface area contributed by atoms with Gasteiger partial charge in [0.1, 0.15) is 0 Å². The Kier molecular flexibility index (Phi) is 6.20. The molecule has 2 amide bonds. The monoisotopic (exact) mass is 371 g/mol. The summed E-state index contributed by atoms with van der Waals surface area (Å²) < 4.78 is 0. The maximum Gasteiger partial charge on any atom is 0.227 e. The van der Waals surface area contributed by atoms with Gasteiger partial charge < -0.3 is 16.0 Å². The van der Waals surface area contributed by atoms with E-state index < -0.39 is 0 Å². The number of carbonyl (C=O) groups excluding carboxylic acids is 2. The van der Waals surface area contributed by atoms with Crippen LogP contribution >= 0.6 is 0 Å². The maximum absolute atomic E-state index is 12.7. The van der Waals surface area contributed by atoms with Crippen molar-refractivity contribution in [3.8, 4) is 0 Å². The third-order valence-corrected chi connectivity index (χ3v) is 6.39. The van der Waals surface area contributed by atoms with E-state index in [1.54, 1.807) is 6.92 Å². The Labute approximate surface area is 162 Å².